The van der Waals surface area contributed by atoms with Crippen molar-refractivity contribution in [3.63, 3.8) is 0 Å². The first-order valence-electron chi connectivity index (χ1n) is 5.67. The normalized spacial score (nSPS) is 10.0. The molecule has 3 nitrogen and oxygen atoms in total. The monoisotopic (exact) mass is 318 g/mol. The van der Waals surface area contributed by atoms with Crippen LogP contribution >= 0.6 is 16.3 Å². The number of ketones is 1. The minimum Gasteiger partial charge on any atom is -0.380 e. The summed E-state index contributed by atoms with van der Waals surface area (Å²) in [5, 5.41) is 0. The van der Waals surface area contributed by atoms with E-state index >= 15 is 0 Å². The van der Waals surface area contributed by atoms with Gasteiger partial charge in [-0.15, -0.1) is 0 Å². The van der Waals surface area contributed by atoms with E-state index in [0.29, 0.717) is 11.1 Å². The van der Waals surface area contributed by atoms with Gasteiger partial charge in [0.25, 0.3) is 0 Å². The van der Waals surface area contributed by atoms with E-state index < -0.39 is 5.97 Å². The highest BCUT2D eigenvalue weighted by Gasteiger charge is 2.19. The van der Waals surface area contributed by atoms with Crippen LogP contribution in [0.2, 0.25) is 0 Å². The third kappa shape index (κ3) is 2.90. The Morgan fingerprint density at radius 1 is 1.00 bits per heavy atom. The van der Waals surface area contributed by atoms with Crippen LogP contribution in [0.3, 0.4) is 0 Å². The van der Waals surface area contributed by atoms with Gasteiger partial charge in [-0.3, -0.25) is 4.79 Å². The first kappa shape index (κ1) is 13.5. The van der Waals surface area contributed by atoms with Gasteiger partial charge in [0.1, 0.15) is 0 Å². The first-order chi connectivity index (χ1) is 9.13. The lowest BCUT2D eigenvalue weighted by Crippen LogP contribution is -2.10. The molecule has 96 valence electrons. The van der Waals surface area contributed by atoms with Crippen LogP contribution in [0.1, 0.15) is 31.8 Å². The van der Waals surface area contributed by atoms with Gasteiger partial charge >= 0.3 is 5.97 Å². The minimum absolute atomic E-state index is 0.200. The van der Waals surface area contributed by atoms with E-state index in [1.807, 2.05) is 13.0 Å². The smallest absolute Gasteiger partial charge is 0.350 e. The van der Waals surface area contributed by atoms with Crippen molar-refractivity contribution in [3.05, 3.63) is 70.8 Å². The van der Waals surface area contributed by atoms with Gasteiger partial charge in [0.05, 0.1) is 5.56 Å². The van der Waals surface area contributed by atoms with Crippen LogP contribution in [0.25, 0.3) is 0 Å². The summed E-state index contributed by atoms with van der Waals surface area (Å²) in [6.45, 7) is 1.85. The van der Waals surface area contributed by atoms with Crippen molar-refractivity contribution in [1.29, 1.82) is 0 Å². The third-order valence-electron chi connectivity index (χ3n) is 2.75. The predicted molar refractivity (Wildman–Crippen MR) is 75.4 cm³/mol. The lowest BCUT2D eigenvalue weighted by atomic mass is 9.97. The maximum absolute atomic E-state index is 12.4. The average molecular weight is 319 g/mol. The van der Waals surface area contributed by atoms with Crippen LogP contribution in [0.4, 0.5) is 0 Å². The molecule has 0 N–H and O–H groups in total. The van der Waals surface area contributed by atoms with E-state index in [4.69, 9.17) is 0 Å². The fourth-order valence-corrected chi connectivity index (χ4v) is 1.99. The molecule has 4 heteroatoms. The SMILES string of the molecule is Cc1ccc(C(=O)c2ccccc2)c(C(=O)OBr)c1. The maximum Gasteiger partial charge on any atom is 0.350 e. The van der Waals surface area contributed by atoms with Crippen molar-refractivity contribution in [3.8, 4) is 0 Å². The fourth-order valence-electron chi connectivity index (χ4n) is 1.81. The molecule has 0 spiro atoms. The van der Waals surface area contributed by atoms with Crippen molar-refractivity contribution in [2.24, 2.45) is 0 Å². The summed E-state index contributed by atoms with van der Waals surface area (Å²) < 4.78 is 4.54. The summed E-state index contributed by atoms with van der Waals surface area (Å²) in [7, 11) is 0. The van der Waals surface area contributed by atoms with Gasteiger partial charge in [-0.25, -0.2) is 4.79 Å². The second-order valence-corrected chi connectivity index (χ2v) is 4.43. The molecule has 0 aliphatic rings. The molecular formula is C15H11BrO3. The Morgan fingerprint density at radius 3 is 2.32 bits per heavy atom. The zero-order valence-electron chi connectivity index (χ0n) is 10.2. The molecule has 0 heterocycles. The van der Waals surface area contributed by atoms with Gasteiger partial charge in [-0.05, 0) is 19.1 Å². The summed E-state index contributed by atoms with van der Waals surface area (Å²) in [6, 6.07) is 13.9. The predicted octanol–water partition coefficient (Wildman–Crippen LogP) is 3.69. The Bertz CT molecular complexity index is 621. The second-order valence-electron chi connectivity index (χ2n) is 4.11. The summed E-state index contributed by atoms with van der Waals surface area (Å²) in [6.07, 6.45) is 0. The quantitative estimate of drug-likeness (QED) is 0.810. The first-order valence-corrected chi connectivity index (χ1v) is 6.31. The van der Waals surface area contributed by atoms with Crippen molar-refractivity contribution in [1.82, 2.24) is 0 Å². The lowest BCUT2D eigenvalue weighted by molar-refractivity contribution is 0.0777. The van der Waals surface area contributed by atoms with Gasteiger partial charge in [-0.2, -0.15) is 0 Å². The molecule has 0 bridgehead atoms. The number of carbonyl (C=O) groups is 2. The molecule has 2 aromatic rings. The summed E-state index contributed by atoms with van der Waals surface area (Å²) in [5.41, 5.74) is 2.01. The summed E-state index contributed by atoms with van der Waals surface area (Å²) in [5.74, 6) is -0.781. The Kier molecular flexibility index (Phi) is 4.12. The van der Waals surface area contributed by atoms with Crippen molar-refractivity contribution in [2.45, 2.75) is 6.92 Å². The molecule has 19 heavy (non-hydrogen) atoms. The number of aryl methyl sites for hydroxylation is 1. The molecule has 0 radical (unpaired) electrons. The number of rotatable bonds is 3. The topological polar surface area (TPSA) is 43.4 Å². The molecule has 0 saturated heterocycles. The van der Waals surface area contributed by atoms with Crippen molar-refractivity contribution >= 4 is 28.0 Å². The van der Waals surface area contributed by atoms with Gasteiger partial charge in [0.15, 0.2) is 22.0 Å². The molecule has 0 saturated carbocycles. The molecular weight excluding hydrogens is 308 g/mol. The zero-order valence-corrected chi connectivity index (χ0v) is 11.8. The fraction of sp³-hybridized carbons (Fsp3) is 0.0667. The van der Waals surface area contributed by atoms with Crippen molar-refractivity contribution in [2.75, 3.05) is 0 Å². The Morgan fingerprint density at radius 2 is 1.68 bits per heavy atom. The standard InChI is InChI=1S/C15H11BrO3/c1-10-7-8-12(13(9-10)15(18)19-16)14(17)11-5-3-2-4-6-11/h2-9H,1H3. The Labute approximate surface area is 119 Å². The van der Waals surface area contributed by atoms with Crippen molar-refractivity contribution < 1.29 is 13.4 Å². The lowest BCUT2D eigenvalue weighted by Gasteiger charge is -2.07. The summed E-state index contributed by atoms with van der Waals surface area (Å²) >= 11 is 2.65. The Balaban J connectivity index is 2.51. The van der Waals surface area contributed by atoms with E-state index in [1.54, 1.807) is 42.5 Å². The highest BCUT2D eigenvalue weighted by molar-refractivity contribution is 9.06. The number of benzene rings is 2. The maximum atomic E-state index is 12.4. The van der Waals surface area contributed by atoms with E-state index in [2.05, 4.69) is 20.1 Å². The highest BCUT2D eigenvalue weighted by Crippen LogP contribution is 2.18. The third-order valence-corrected chi connectivity index (χ3v) is 3.04. The number of hydrogen-bond acceptors (Lipinski definition) is 3. The number of carbonyl (C=O) groups excluding carboxylic acids is 2. The van der Waals surface area contributed by atoms with E-state index in [9.17, 15) is 9.59 Å². The van der Waals surface area contributed by atoms with Crippen LogP contribution in [-0.4, -0.2) is 11.8 Å². The van der Waals surface area contributed by atoms with E-state index in [-0.39, 0.29) is 11.3 Å². The van der Waals surface area contributed by atoms with Gasteiger partial charge in [0.2, 0.25) is 0 Å². The molecule has 0 fully saturated rings. The van der Waals surface area contributed by atoms with Crippen LogP contribution in [0.15, 0.2) is 48.5 Å². The highest BCUT2D eigenvalue weighted by atomic mass is 79.9. The molecule has 2 rings (SSSR count). The largest absolute Gasteiger partial charge is 0.380 e. The summed E-state index contributed by atoms with van der Waals surface area (Å²) in [4.78, 5) is 24.1. The van der Waals surface area contributed by atoms with Crippen LogP contribution in [-0.2, 0) is 3.83 Å². The molecule has 0 atom stereocenters. The molecule has 0 aliphatic carbocycles. The molecule has 0 aromatic heterocycles. The van der Waals surface area contributed by atoms with Crippen LogP contribution in [0.5, 0.6) is 0 Å². The average Bonchev–Trinajstić information content (AvgIpc) is 2.46. The molecule has 0 aliphatic heterocycles. The Hall–Kier alpha value is -1.94. The second kappa shape index (κ2) is 5.80. The van der Waals surface area contributed by atoms with Crippen LogP contribution < -0.4 is 0 Å². The van der Waals surface area contributed by atoms with Gasteiger partial charge in [-0.1, -0.05) is 42.0 Å². The molecule has 0 amide bonds. The van der Waals surface area contributed by atoms with Gasteiger partial charge < -0.3 is 3.83 Å². The van der Waals surface area contributed by atoms with E-state index in [0.717, 1.165) is 5.56 Å². The minimum atomic E-state index is -0.581. The van der Waals surface area contributed by atoms with Gasteiger partial charge in [0, 0.05) is 11.1 Å². The molecule has 2 aromatic carbocycles. The molecule has 0 unspecified atom stereocenters. The van der Waals surface area contributed by atoms with Crippen LogP contribution in [0, 0.1) is 6.92 Å². The number of hydrogen-bond donors (Lipinski definition) is 0. The van der Waals surface area contributed by atoms with E-state index in [1.165, 1.54) is 0 Å². The zero-order chi connectivity index (χ0) is 13.8. The number of halogens is 1.